The Hall–Kier alpha value is -1.57. The van der Waals surface area contributed by atoms with Gasteiger partial charge in [-0.05, 0) is 12.1 Å². The maximum absolute atomic E-state index is 11.8. The molecule has 2 rings (SSSR count). The summed E-state index contributed by atoms with van der Waals surface area (Å²) in [6, 6.07) is 2.39. The molecule has 0 radical (unpaired) electrons. The zero-order chi connectivity index (χ0) is 15.8. The molecule has 21 heavy (non-hydrogen) atoms. The third kappa shape index (κ3) is 3.37. The first-order valence-corrected chi connectivity index (χ1v) is 8.27. The summed E-state index contributed by atoms with van der Waals surface area (Å²) in [4.78, 5) is 11.1. The minimum atomic E-state index is -3.56. The highest BCUT2D eigenvalue weighted by molar-refractivity contribution is 7.90. The zero-order valence-electron chi connectivity index (χ0n) is 10.7. The zero-order valence-corrected chi connectivity index (χ0v) is 13.1. The molecule has 0 saturated heterocycles. The van der Waals surface area contributed by atoms with E-state index in [1.807, 2.05) is 0 Å². The van der Waals surface area contributed by atoms with Crippen molar-refractivity contribution in [3.8, 4) is 0 Å². The van der Waals surface area contributed by atoms with E-state index < -0.39 is 15.8 Å². The maximum Gasteiger partial charge on any atom is 0.337 e. The molecule has 0 aliphatic rings. The fourth-order valence-electron chi connectivity index (χ4n) is 1.85. The predicted molar refractivity (Wildman–Crippen MR) is 77.9 cm³/mol. The predicted octanol–water partition coefficient (Wildman–Crippen LogP) is 2.34. The summed E-state index contributed by atoms with van der Waals surface area (Å²) in [7, 11) is -3.56. The van der Waals surface area contributed by atoms with Crippen molar-refractivity contribution in [1.29, 1.82) is 0 Å². The van der Waals surface area contributed by atoms with Gasteiger partial charge >= 0.3 is 5.97 Å². The van der Waals surface area contributed by atoms with Crippen LogP contribution >= 0.6 is 23.2 Å². The number of benzene rings is 1. The number of carboxylic acids is 1. The summed E-state index contributed by atoms with van der Waals surface area (Å²) >= 11 is 11.8. The minimum Gasteiger partial charge on any atom is -0.478 e. The lowest BCUT2D eigenvalue weighted by Gasteiger charge is -2.12. The Kier molecular flexibility index (Phi) is 4.27. The molecule has 0 fully saturated rings. The van der Waals surface area contributed by atoms with E-state index >= 15 is 0 Å². The molecule has 6 nitrogen and oxygen atoms in total. The molecule has 0 aliphatic heterocycles. The standard InChI is InChI=1S/C12H10Cl2N2O4S/c1-21(19,20)10-3-2-8(12(17)18)11(14)9(10)6-16-5-7(13)4-15-16/h2-5H,6H2,1H3,(H,17,18). The first-order valence-electron chi connectivity index (χ1n) is 5.63. The van der Waals surface area contributed by atoms with Crippen LogP contribution in [0.25, 0.3) is 0 Å². The molecule has 9 heteroatoms. The van der Waals surface area contributed by atoms with Crippen LogP contribution in [0.5, 0.6) is 0 Å². The second kappa shape index (κ2) is 5.67. The first-order chi connectivity index (χ1) is 9.70. The normalized spacial score (nSPS) is 11.6. The molecule has 0 unspecified atom stereocenters. The third-order valence-electron chi connectivity index (χ3n) is 2.75. The van der Waals surface area contributed by atoms with Crippen molar-refractivity contribution in [3.05, 3.63) is 45.7 Å². The molecule has 0 spiro atoms. The topological polar surface area (TPSA) is 89.3 Å². The average molecular weight is 349 g/mol. The van der Waals surface area contributed by atoms with Crippen LogP contribution in [-0.4, -0.2) is 35.5 Å². The lowest BCUT2D eigenvalue weighted by molar-refractivity contribution is 0.0697. The van der Waals surface area contributed by atoms with Crippen LogP contribution in [-0.2, 0) is 16.4 Å². The van der Waals surface area contributed by atoms with E-state index in [0.29, 0.717) is 5.02 Å². The largest absolute Gasteiger partial charge is 0.478 e. The third-order valence-corrected chi connectivity index (χ3v) is 4.56. The van der Waals surface area contributed by atoms with E-state index in [2.05, 4.69) is 5.10 Å². The molecule has 2 aromatic rings. The average Bonchev–Trinajstić information content (AvgIpc) is 2.75. The quantitative estimate of drug-likeness (QED) is 0.915. The summed E-state index contributed by atoms with van der Waals surface area (Å²) in [5.41, 5.74) is -0.00356. The van der Waals surface area contributed by atoms with E-state index in [1.165, 1.54) is 29.2 Å². The van der Waals surface area contributed by atoms with Crippen LogP contribution in [0.2, 0.25) is 10.0 Å². The number of rotatable bonds is 4. The molecule has 0 amide bonds. The number of carboxylic acid groups (broad SMARTS) is 1. The minimum absolute atomic E-state index is 0.00488. The molecular weight excluding hydrogens is 339 g/mol. The summed E-state index contributed by atoms with van der Waals surface area (Å²) in [6.07, 6.45) is 3.90. The SMILES string of the molecule is CS(=O)(=O)c1ccc(C(=O)O)c(Cl)c1Cn1cc(Cl)cn1. The van der Waals surface area contributed by atoms with E-state index in [1.54, 1.807) is 0 Å². The van der Waals surface area contributed by atoms with Crippen molar-refractivity contribution < 1.29 is 18.3 Å². The van der Waals surface area contributed by atoms with E-state index in [9.17, 15) is 13.2 Å². The summed E-state index contributed by atoms with van der Waals surface area (Å²) in [5.74, 6) is -1.24. The number of carbonyl (C=O) groups is 1. The van der Waals surface area contributed by atoms with Gasteiger partial charge in [0.25, 0.3) is 0 Å². The Morgan fingerprint density at radius 1 is 1.38 bits per heavy atom. The van der Waals surface area contributed by atoms with E-state index in [4.69, 9.17) is 28.3 Å². The van der Waals surface area contributed by atoms with Gasteiger partial charge in [0, 0.05) is 18.0 Å². The molecule has 0 atom stereocenters. The van der Waals surface area contributed by atoms with E-state index in [0.717, 1.165) is 6.26 Å². The molecule has 0 saturated carbocycles. The fourth-order valence-corrected chi connectivity index (χ4v) is 3.30. The number of hydrogen-bond donors (Lipinski definition) is 1. The van der Waals surface area contributed by atoms with Crippen LogP contribution in [0.3, 0.4) is 0 Å². The van der Waals surface area contributed by atoms with Gasteiger partial charge in [-0.2, -0.15) is 5.10 Å². The van der Waals surface area contributed by atoms with Gasteiger partial charge in [-0.25, -0.2) is 13.2 Å². The Bertz CT molecular complexity index is 815. The fraction of sp³-hybridized carbons (Fsp3) is 0.167. The lowest BCUT2D eigenvalue weighted by Crippen LogP contribution is -2.11. The summed E-state index contributed by atoms with van der Waals surface area (Å²) in [5, 5.41) is 13.3. The molecule has 112 valence electrons. The van der Waals surface area contributed by atoms with Gasteiger partial charge in [-0.1, -0.05) is 23.2 Å². The van der Waals surface area contributed by atoms with Crippen LogP contribution in [0, 0.1) is 0 Å². The van der Waals surface area contributed by atoms with Gasteiger partial charge in [-0.3, -0.25) is 4.68 Å². The summed E-state index contributed by atoms with van der Waals surface area (Å²) < 4.78 is 25.0. The van der Waals surface area contributed by atoms with Crippen LogP contribution in [0.15, 0.2) is 29.4 Å². The van der Waals surface area contributed by atoms with Crippen LogP contribution in [0.4, 0.5) is 0 Å². The Morgan fingerprint density at radius 2 is 2.05 bits per heavy atom. The van der Waals surface area contributed by atoms with Gasteiger partial charge in [0.1, 0.15) is 0 Å². The molecule has 1 N–H and O–H groups in total. The monoisotopic (exact) mass is 348 g/mol. The number of sulfone groups is 1. The van der Waals surface area contributed by atoms with Crippen molar-refractivity contribution in [2.24, 2.45) is 0 Å². The lowest BCUT2D eigenvalue weighted by atomic mass is 10.1. The van der Waals surface area contributed by atoms with Crippen LogP contribution < -0.4 is 0 Å². The molecule has 0 aliphatic carbocycles. The highest BCUT2D eigenvalue weighted by Crippen LogP contribution is 2.29. The van der Waals surface area contributed by atoms with Crippen LogP contribution in [0.1, 0.15) is 15.9 Å². The molecule has 1 heterocycles. The Morgan fingerprint density at radius 3 is 2.52 bits per heavy atom. The molecule has 1 aromatic heterocycles. The van der Waals surface area contributed by atoms with Gasteiger partial charge < -0.3 is 5.11 Å². The number of aromatic nitrogens is 2. The van der Waals surface area contributed by atoms with Gasteiger partial charge in [0.2, 0.25) is 0 Å². The van der Waals surface area contributed by atoms with Crippen molar-refractivity contribution in [1.82, 2.24) is 9.78 Å². The maximum atomic E-state index is 11.8. The second-order valence-corrected chi connectivity index (χ2v) is 7.14. The smallest absolute Gasteiger partial charge is 0.337 e. The second-order valence-electron chi connectivity index (χ2n) is 4.34. The van der Waals surface area contributed by atoms with Crippen molar-refractivity contribution >= 4 is 39.0 Å². The Labute approximate surface area is 130 Å². The molecular formula is C12H10Cl2N2O4S. The number of aromatic carboxylic acids is 1. The van der Waals surface area contributed by atoms with Crippen molar-refractivity contribution in [2.75, 3.05) is 6.26 Å². The number of hydrogen-bond acceptors (Lipinski definition) is 4. The van der Waals surface area contributed by atoms with Gasteiger partial charge in [0.15, 0.2) is 9.84 Å². The Balaban J connectivity index is 2.64. The molecule has 0 bridgehead atoms. The van der Waals surface area contributed by atoms with E-state index in [-0.39, 0.29) is 27.6 Å². The number of halogens is 2. The first kappa shape index (κ1) is 15.8. The number of nitrogens with zero attached hydrogens (tertiary/aromatic N) is 2. The summed E-state index contributed by atoms with van der Waals surface area (Å²) in [6.45, 7) is -0.00488. The van der Waals surface area contributed by atoms with Crippen molar-refractivity contribution in [2.45, 2.75) is 11.4 Å². The molecule has 1 aromatic carbocycles. The van der Waals surface area contributed by atoms with Crippen molar-refractivity contribution in [3.63, 3.8) is 0 Å². The highest BCUT2D eigenvalue weighted by Gasteiger charge is 2.21. The van der Waals surface area contributed by atoms with Gasteiger partial charge in [0.05, 0.1) is 33.2 Å². The highest BCUT2D eigenvalue weighted by atomic mass is 35.5. The van der Waals surface area contributed by atoms with Gasteiger partial charge in [-0.15, -0.1) is 0 Å².